The van der Waals surface area contributed by atoms with E-state index < -0.39 is 5.60 Å². The summed E-state index contributed by atoms with van der Waals surface area (Å²) in [5, 5.41) is 12.8. The average molecular weight is 270 g/mol. The molecule has 2 aliphatic heterocycles. The van der Waals surface area contributed by atoms with Gasteiger partial charge in [-0.3, -0.25) is 9.59 Å². The minimum Gasteiger partial charge on any atom is -0.386 e. The number of carbonyl (C=O) groups is 2. The van der Waals surface area contributed by atoms with Gasteiger partial charge in [-0.1, -0.05) is 0 Å². The minimum atomic E-state index is -0.948. The maximum Gasteiger partial charge on any atom is 0.225 e. The monoisotopic (exact) mass is 270 g/mol. The molecule has 0 aromatic carbocycles. The van der Waals surface area contributed by atoms with E-state index in [2.05, 4.69) is 5.32 Å². The lowest BCUT2D eigenvalue weighted by Crippen LogP contribution is -2.45. The number of aliphatic hydroxyl groups is 1. The summed E-state index contributed by atoms with van der Waals surface area (Å²) >= 11 is 0. The Labute approximate surface area is 113 Å². The van der Waals surface area contributed by atoms with Gasteiger partial charge in [-0.05, 0) is 13.8 Å². The fourth-order valence-corrected chi connectivity index (χ4v) is 2.54. The number of carbonyl (C=O) groups excluding carboxylic acids is 2. The van der Waals surface area contributed by atoms with E-state index >= 15 is 0 Å². The summed E-state index contributed by atoms with van der Waals surface area (Å²) in [6.07, 6.45) is 0.800. The fraction of sp³-hybridized carbons (Fsp3) is 0.846. The third kappa shape index (κ3) is 3.25. The Bertz CT molecular complexity index is 364. The Kier molecular flexibility index (Phi) is 4.10. The molecule has 0 radical (unpaired) electrons. The van der Waals surface area contributed by atoms with E-state index in [4.69, 9.17) is 4.74 Å². The van der Waals surface area contributed by atoms with Crippen LogP contribution in [0.25, 0.3) is 0 Å². The van der Waals surface area contributed by atoms with Crippen molar-refractivity contribution in [1.29, 1.82) is 0 Å². The van der Waals surface area contributed by atoms with Gasteiger partial charge in [-0.2, -0.15) is 0 Å². The van der Waals surface area contributed by atoms with Crippen molar-refractivity contribution < 1.29 is 19.4 Å². The number of rotatable bonds is 4. The summed E-state index contributed by atoms with van der Waals surface area (Å²) in [6, 6.07) is 0.123. The second-order valence-electron chi connectivity index (χ2n) is 5.79. The zero-order valence-electron chi connectivity index (χ0n) is 11.5. The lowest BCUT2D eigenvalue weighted by atomic mass is 10.0. The highest BCUT2D eigenvalue weighted by Gasteiger charge is 2.37. The van der Waals surface area contributed by atoms with Crippen molar-refractivity contribution >= 4 is 11.8 Å². The van der Waals surface area contributed by atoms with Crippen molar-refractivity contribution in [3.63, 3.8) is 0 Å². The van der Waals surface area contributed by atoms with E-state index in [-0.39, 0.29) is 43.3 Å². The quantitative estimate of drug-likeness (QED) is 0.722. The molecule has 6 heteroatoms. The number of hydrogen-bond donors (Lipinski definition) is 2. The molecule has 2 rings (SSSR count). The first-order valence-corrected chi connectivity index (χ1v) is 6.78. The largest absolute Gasteiger partial charge is 0.386 e. The summed E-state index contributed by atoms with van der Waals surface area (Å²) in [5.74, 6) is -0.435. The van der Waals surface area contributed by atoms with Crippen LogP contribution in [0, 0.1) is 5.92 Å². The number of hydrogen-bond acceptors (Lipinski definition) is 4. The van der Waals surface area contributed by atoms with Gasteiger partial charge in [0.2, 0.25) is 11.8 Å². The SMILES string of the molecule is CC(C)N1CC(C(=O)NCC2(O)CCOC2)CC1=O. The summed E-state index contributed by atoms with van der Waals surface area (Å²) in [4.78, 5) is 25.5. The molecule has 0 aliphatic carbocycles. The third-order valence-corrected chi connectivity index (χ3v) is 3.83. The molecule has 108 valence electrons. The number of ether oxygens (including phenoxy) is 1. The van der Waals surface area contributed by atoms with E-state index in [1.807, 2.05) is 13.8 Å². The Morgan fingerprint density at radius 3 is 2.89 bits per heavy atom. The number of likely N-dealkylation sites (tertiary alicyclic amines) is 1. The first-order valence-electron chi connectivity index (χ1n) is 6.78. The number of nitrogens with zero attached hydrogens (tertiary/aromatic N) is 1. The Morgan fingerprint density at radius 2 is 2.37 bits per heavy atom. The summed E-state index contributed by atoms with van der Waals surface area (Å²) in [6.45, 7) is 5.33. The second kappa shape index (κ2) is 5.46. The molecule has 2 N–H and O–H groups in total. The Balaban J connectivity index is 1.83. The molecule has 6 nitrogen and oxygen atoms in total. The lowest BCUT2D eigenvalue weighted by Gasteiger charge is -2.23. The first-order chi connectivity index (χ1) is 8.91. The van der Waals surface area contributed by atoms with Gasteiger partial charge in [-0.25, -0.2) is 0 Å². The molecule has 19 heavy (non-hydrogen) atoms. The van der Waals surface area contributed by atoms with Gasteiger partial charge >= 0.3 is 0 Å². The summed E-state index contributed by atoms with van der Waals surface area (Å²) in [5.41, 5.74) is -0.948. The Hall–Kier alpha value is -1.14. The maximum atomic E-state index is 12.0. The van der Waals surface area contributed by atoms with Crippen LogP contribution in [0.3, 0.4) is 0 Å². The van der Waals surface area contributed by atoms with Gasteiger partial charge in [0.15, 0.2) is 0 Å². The molecule has 0 bridgehead atoms. The van der Waals surface area contributed by atoms with Gasteiger partial charge in [-0.15, -0.1) is 0 Å². The predicted octanol–water partition coefficient (Wildman–Crippen LogP) is -0.489. The molecule has 2 saturated heterocycles. The minimum absolute atomic E-state index is 0.0260. The molecule has 2 aliphatic rings. The van der Waals surface area contributed by atoms with Crippen LogP contribution in [0.4, 0.5) is 0 Å². The van der Waals surface area contributed by atoms with Gasteiger partial charge in [0.05, 0.1) is 12.5 Å². The van der Waals surface area contributed by atoms with E-state index in [0.717, 1.165) is 0 Å². The Morgan fingerprint density at radius 1 is 1.63 bits per heavy atom. The third-order valence-electron chi connectivity index (χ3n) is 3.83. The van der Waals surface area contributed by atoms with Crippen LogP contribution >= 0.6 is 0 Å². The molecular weight excluding hydrogens is 248 g/mol. The molecule has 2 fully saturated rings. The van der Waals surface area contributed by atoms with Crippen LogP contribution in [-0.4, -0.2) is 59.8 Å². The molecule has 0 spiro atoms. The van der Waals surface area contributed by atoms with Gasteiger partial charge in [0, 0.05) is 38.6 Å². The molecule has 0 saturated carbocycles. The highest BCUT2D eigenvalue weighted by atomic mass is 16.5. The van der Waals surface area contributed by atoms with E-state index in [1.54, 1.807) is 4.90 Å². The van der Waals surface area contributed by atoms with Crippen molar-refractivity contribution in [3.05, 3.63) is 0 Å². The molecule has 2 unspecified atom stereocenters. The van der Waals surface area contributed by atoms with E-state index in [9.17, 15) is 14.7 Å². The summed E-state index contributed by atoms with van der Waals surface area (Å²) < 4.78 is 5.12. The number of amides is 2. The van der Waals surface area contributed by atoms with Crippen LogP contribution in [0.5, 0.6) is 0 Å². The highest BCUT2D eigenvalue weighted by molar-refractivity contribution is 5.89. The highest BCUT2D eigenvalue weighted by Crippen LogP contribution is 2.21. The zero-order valence-corrected chi connectivity index (χ0v) is 11.5. The van der Waals surface area contributed by atoms with Crippen LogP contribution < -0.4 is 5.32 Å². The van der Waals surface area contributed by atoms with Crippen molar-refractivity contribution in [2.24, 2.45) is 5.92 Å². The lowest BCUT2D eigenvalue weighted by molar-refractivity contribution is -0.130. The van der Waals surface area contributed by atoms with Gasteiger partial charge in [0.25, 0.3) is 0 Å². The van der Waals surface area contributed by atoms with Gasteiger partial charge < -0.3 is 20.1 Å². The van der Waals surface area contributed by atoms with Gasteiger partial charge in [0.1, 0.15) is 5.60 Å². The zero-order chi connectivity index (χ0) is 14.0. The van der Waals surface area contributed by atoms with Crippen LogP contribution in [0.15, 0.2) is 0 Å². The molecule has 0 aromatic rings. The van der Waals surface area contributed by atoms with Crippen LogP contribution in [0.2, 0.25) is 0 Å². The van der Waals surface area contributed by atoms with Crippen LogP contribution in [-0.2, 0) is 14.3 Å². The molecule has 2 amide bonds. The topological polar surface area (TPSA) is 78.9 Å². The molecule has 0 aromatic heterocycles. The second-order valence-corrected chi connectivity index (χ2v) is 5.79. The fourth-order valence-electron chi connectivity index (χ4n) is 2.54. The summed E-state index contributed by atoms with van der Waals surface area (Å²) in [7, 11) is 0. The maximum absolute atomic E-state index is 12.0. The number of nitrogens with one attached hydrogen (secondary N) is 1. The van der Waals surface area contributed by atoms with Crippen molar-refractivity contribution in [2.45, 2.75) is 38.3 Å². The average Bonchev–Trinajstić information content (AvgIpc) is 2.93. The first kappa shape index (κ1) is 14.3. The smallest absolute Gasteiger partial charge is 0.225 e. The van der Waals surface area contributed by atoms with E-state index in [1.165, 1.54) is 0 Å². The van der Waals surface area contributed by atoms with Crippen molar-refractivity contribution in [3.8, 4) is 0 Å². The normalized spacial score (nSPS) is 31.3. The van der Waals surface area contributed by atoms with Crippen molar-refractivity contribution in [1.82, 2.24) is 10.2 Å². The molecular formula is C13H22N2O4. The standard InChI is InChI=1S/C13H22N2O4/c1-9(2)15-6-10(5-11(15)16)12(17)14-7-13(18)3-4-19-8-13/h9-10,18H,3-8H2,1-2H3,(H,14,17). The van der Waals surface area contributed by atoms with Crippen LogP contribution in [0.1, 0.15) is 26.7 Å². The van der Waals surface area contributed by atoms with E-state index in [0.29, 0.717) is 19.6 Å². The predicted molar refractivity (Wildman–Crippen MR) is 68.4 cm³/mol. The van der Waals surface area contributed by atoms with Crippen molar-refractivity contribution in [2.75, 3.05) is 26.3 Å². The molecule has 2 atom stereocenters. The molecule has 2 heterocycles.